The van der Waals surface area contributed by atoms with E-state index in [1.807, 2.05) is 0 Å². The highest BCUT2D eigenvalue weighted by atomic mass is 19.4. The summed E-state index contributed by atoms with van der Waals surface area (Å²) < 4.78 is 39.6. The van der Waals surface area contributed by atoms with Crippen molar-refractivity contribution in [3.05, 3.63) is 47.0 Å². The molecule has 0 aliphatic carbocycles. The van der Waals surface area contributed by atoms with Gasteiger partial charge in [0.2, 0.25) is 0 Å². The molecule has 0 atom stereocenters. The van der Waals surface area contributed by atoms with E-state index in [1.54, 1.807) is 0 Å². The summed E-state index contributed by atoms with van der Waals surface area (Å²) in [5.74, 6) is 1.82. The van der Waals surface area contributed by atoms with Gasteiger partial charge < -0.3 is 4.57 Å². The Morgan fingerprint density at radius 3 is 2.50 bits per heavy atom. The van der Waals surface area contributed by atoms with Crippen LogP contribution in [0, 0.1) is 0 Å². The van der Waals surface area contributed by atoms with Gasteiger partial charge in [-0.15, -0.1) is 10.2 Å². The van der Waals surface area contributed by atoms with Crippen molar-refractivity contribution in [2.45, 2.75) is 38.4 Å². The Labute approximate surface area is 114 Å². The van der Waals surface area contributed by atoms with E-state index >= 15 is 0 Å². The average Bonchev–Trinajstić information content (AvgIpc) is 2.82. The lowest BCUT2D eigenvalue weighted by molar-refractivity contribution is -0.137. The van der Waals surface area contributed by atoms with Crippen LogP contribution in [-0.2, 0) is 25.6 Å². The largest absolute Gasteiger partial charge is 0.416 e. The van der Waals surface area contributed by atoms with E-state index in [1.165, 1.54) is 12.1 Å². The first-order chi connectivity index (χ1) is 9.54. The van der Waals surface area contributed by atoms with Gasteiger partial charge in [-0.25, -0.2) is 0 Å². The van der Waals surface area contributed by atoms with Crippen molar-refractivity contribution in [3.8, 4) is 0 Å². The Kier molecular flexibility index (Phi) is 3.23. The van der Waals surface area contributed by atoms with Gasteiger partial charge in [0.1, 0.15) is 11.6 Å². The number of fused-ring (bicyclic) bond motifs is 1. The van der Waals surface area contributed by atoms with Crippen LogP contribution in [0.2, 0.25) is 0 Å². The van der Waals surface area contributed by atoms with Crippen LogP contribution < -0.4 is 0 Å². The maximum absolute atomic E-state index is 12.5. The zero-order valence-corrected chi connectivity index (χ0v) is 10.8. The second-order valence-corrected chi connectivity index (χ2v) is 5.01. The Bertz CT molecular complexity index is 599. The minimum atomic E-state index is -4.29. The fourth-order valence-corrected chi connectivity index (χ4v) is 2.49. The third-order valence-electron chi connectivity index (χ3n) is 3.58. The molecule has 6 heteroatoms. The number of nitrogens with zero attached hydrogens (tertiary/aromatic N) is 3. The maximum atomic E-state index is 12.5. The van der Waals surface area contributed by atoms with Crippen LogP contribution in [0.5, 0.6) is 0 Å². The molecule has 0 bridgehead atoms. The molecule has 3 rings (SSSR count). The van der Waals surface area contributed by atoms with Gasteiger partial charge in [-0.05, 0) is 30.5 Å². The molecule has 3 nitrogen and oxygen atoms in total. The Hall–Kier alpha value is -1.85. The van der Waals surface area contributed by atoms with Crippen molar-refractivity contribution in [3.63, 3.8) is 0 Å². The number of hydrogen-bond acceptors (Lipinski definition) is 2. The summed E-state index contributed by atoms with van der Waals surface area (Å²) in [5.41, 5.74) is 0.197. The fraction of sp³-hybridized carbons (Fsp3) is 0.429. The molecule has 1 aromatic carbocycles. The molecule has 2 aromatic rings. The standard InChI is InChI=1S/C14H14F3N3/c15-14(16,17)11-6-4-10(5-7-11)9-13-19-18-12-3-1-2-8-20(12)13/h4-7H,1-3,8-9H2. The lowest BCUT2D eigenvalue weighted by atomic mass is 10.1. The topological polar surface area (TPSA) is 30.7 Å². The number of alkyl halides is 3. The maximum Gasteiger partial charge on any atom is 0.416 e. The molecule has 106 valence electrons. The van der Waals surface area contributed by atoms with E-state index in [0.29, 0.717) is 6.42 Å². The number of benzene rings is 1. The van der Waals surface area contributed by atoms with Crippen LogP contribution in [0.15, 0.2) is 24.3 Å². The normalized spacial score (nSPS) is 15.2. The zero-order valence-electron chi connectivity index (χ0n) is 10.8. The van der Waals surface area contributed by atoms with Crippen molar-refractivity contribution in [1.82, 2.24) is 14.8 Å². The number of rotatable bonds is 2. The SMILES string of the molecule is FC(F)(F)c1ccc(Cc2nnc3n2CCCC3)cc1. The molecule has 1 aromatic heterocycles. The predicted octanol–water partition coefficient (Wildman–Crippen LogP) is 3.22. The molecule has 0 amide bonds. The molecule has 0 saturated carbocycles. The molecule has 0 radical (unpaired) electrons. The molecule has 0 fully saturated rings. The molecule has 0 saturated heterocycles. The van der Waals surface area contributed by atoms with Gasteiger partial charge in [-0.2, -0.15) is 13.2 Å². The smallest absolute Gasteiger partial charge is 0.315 e. The quantitative estimate of drug-likeness (QED) is 0.846. The lowest BCUT2D eigenvalue weighted by Gasteiger charge is -2.14. The third kappa shape index (κ3) is 2.55. The highest BCUT2D eigenvalue weighted by Gasteiger charge is 2.30. The van der Waals surface area contributed by atoms with Crippen molar-refractivity contribution in [2.75, 3.05) is 0 Å². The Morgan fingerprint density at radius 2 is 1.80 bits per heavy atom. The highest BCUT2D eigenvalue weighted by molar-refractivity contribution is 5.26. The Morgan fingerprint density at radius 1 is 1.05 bits per heavy atom. The van der Waals surface area contributed by atoms with E-state index in [4.69, 9.17) is 0 Å². The number of aromatic nitrogens is 3. The third-order valence-corrected chi connectivity index (χ3v) is 3.58. The first-order valence-electron chi connectivity index (χ1n) is 6.61. The molecular formula is C14H14F3N3. The van der Waals surface area contributed by atoms with E-state index in [0.717, 1.165) is 55.2 Å². The first-order valence-corrected chi connectivity index (χ1v) is 6.61. The predicted molar refractivity (Wildman–Crippen MR) is 67.2 cm³/mol. The zero-order chi connectivity index (χ0) is 14.2. The molecule has 20 heavy (non-hydrogen) atoms. The summed E-state index contributed by atoms with van der Waals surface area (Å²) in [7, 11) is 0. The van der Waals surface area contributed by atoms with Crippen LogP contribution in [0.4, 0.5) is 13.2 Å². The molecule has 0 N–H and O–H groups in total. The van der Waals surface area contributed by atoms with Crippen LogP contribution >= 0.6 is 0 Å². The Balaban J connectivity index is 1.80. The van der Waals surface area contributed by atoms with Crippen molar-refractivity contribution in [2.24, 2.45) is 0 Å². The number of aryl methyl sites for hydroxylation is 1. The van der Waals surface area contributed by atoms with Gasteiger partial charge in [0, 0.05) is 19.4 Å². The van der Waals surface area contributed by atoms with E-state index < -0.39 is 11.7 Å². The molecule has 0 unspecified atom stereocenters. The van der Waals surface area contributed by atoms with E-state index in [2.05, 4.69) is 14.8 Å². The molecular weight excluding hydrogens is 267 g/mol. The van der Waals surface area contributed by atoms with E-state index in [9.17, 15) is 13.2 Å². The fourth-order valence-electron chi connectivity index (χ4n) is 2.49. The van der Waals surface area contributed by atoms with Crippen LogP contribution in [0.25, 0.3) is 0 Å². The van der Waals surface area contributed by atoms with Crippen molar-refractivity contribution < 1.29 is 13.2 Å². The monoisotopic (exact) mass is 281 g/mol. The van der Waals surface area contributed by atoms with Crippen LogP contribution in [-0.4, -0.2) is 14.8 Å². The summed E-state index contributed by atoms with van der Waals surface area (Å²) in [6, 6.07) is 5.24. The van der Waals surface area contributed by atoms with Gasteiger partial charge in [-0.3, -0.25) is 0 Å². The van der Waals surface area contributed by atoms with Gasteiger partial charge in [0.15, 0.2) is 0 Å². The summed E-state index contributed by atoms with van der Waals surface area (Å²) in [4.78, 5) is 0. The second-order valence-electron chi connectivity index (χ2n) is 5.01. The van der Waals surface area contributed by atoms with Crippen molar-refractivity contribution >= 4 is 0 Å². The van der Waals surface area contributed by atoms with Crippen molar-refractivity contribution in [1.29, 1.82) is 0 Å². The minimum absolute atomic E-state index is 0.519. The summed E-state index contributed by atoms with van der Waals surface area (Å²) in [6.45, 7) is 0.901. The highest BCUT2D eigenvalue weighted by Crippen LogP contribution is 2.29. The average molecular weight is 281 g/mol. The van der Waals surface area contributed by atoms with E-state index in [-0.39, 0.29) is 0 Å². The number of halogens is 3. The van der Waals surface area contributed by atoms with Crippen LogP contribution in [0.1, 0.15) is 35.6 Å². The van der Waals surface area contributed by atoms with Gasteiger partial charge in [0.25, 0.3) is 0 Å². The lowest BCUT2D eigenvalue weighted by Crippen LogP contribution is -2.13. The van der Waals surface area contributed by atoms with Gasteiger partial charge >= 0.3 is 6.18 Å². The minimum Gasteiger partial charge on any atom is -0.315 e. The molecule has 2 heterocycles. The molecule has 1 aliphatic heterocycles. The second kappa shape index (κ2) is 4.92. The van der Waals surface area contributed by atoms with Gasteiger partial charge in [-0.1, -0.05) is 12.1 Å². The summed E-state index contributed by atoms with van der Waals surface area (Å²) in [5, 5.41) is 8.30. The number of hydrogen-bond donors (Lipinski definition) is 0. The molecule has 0 spiro atoms. The summed E-state index contributed by atoms with van der Waals surface area (Å²) >= 11 is 0. The summed E-state index contributed by atoms with van der Waals surface area (Å²) in [6.07, 6.45) is -0.610. The molecule has 1 aliphatic rings. The van der Waals surface area contributed by atoms with Gasteiger partial charge in [0.05, 0.1) is 5.56 Å². The first kappa shape index (κ1) is 13.1. The van der Waals surface area contributed by atoms with Crippen LogP contribution in [0.3, 0.4) is 0 Å².